The largest absolute Gasteiger partial charge is 0.380 e. The van der Waals surface area contributed by atoms with Crippen LogP contribution < -0.4 is 0 Å². The van der Waals surface area contributed by atoms with Gasteiger partial charge in [0.2, 0.25) is 0 Å². The molecule has 0 aliphatic rings. The number of aliphatic hydroxyl groups excluding tert-OH is 1. The van der Waals surface area contributed by atoms with Gasteiger partial charge in [0.1, 0.15) is 0 Å². The van der Waals surface area contributed by atoms with Gasteiger partial charge < -0.3 is 24.7 Å². The molecule has 7 nitrogen and oxygen atoms in total. The molecule has 0 aliphatic heterocycles. The van der Waals surface area contributed by atoms with E-state index in [1.54, 1.807) is 0 Å². The van der Waals surface area contributed by atoms with Crippen molar-refractivity contribution in [1.29, 1.82) is 0 Å². The third-order valence-electron chi connectivity index (χ3n) is 0.789. The summed E-state index contributed by atoms with van der Waals surface area (Å²) in [5, 5.41) is 8.47. The van der Waals surface area contributed by atoms with E-state index in [9.17, 15) is 9.13 Å². The van der Waals surface area contributed by atoms with E-state index in [0.29, 0.717) is 0 Å². The van der Waals surface area contributed by atoms with Crippen molar-refractivity contribution in [2.75, 3.05) is 6.16 Å². The van der Waals surface area contributed by atoms with Crippen LogP contribution in [0.5, 0.6) is 0 Å². The Bertz CT molecular complexity index is 210. The minimum Gasteiger partial charge on any atom is -0.380 e. The van der Waals surface area contributed by atoms with Crippen LogP contribution in [0.2, 0.25) is 0 Å². The Morgan fingerprint density at radius 3 is 1.55 bits per heavy atom. The summed E-state index contributed by atoms with van der Waals surface area (Å²) in [7, 11) is -9.35. The van der Waals surface area contributed by atoms with Gasteiger partial charge in [0.25, 0.3) is 0 Å². The topological polar surface area (TPSA) is 135 Å². The van der Waals surface area contributed by atoms with E-state index >= 15 is 0 Å². The first-order valence-corrected chi connectivity index (χ1v) is 5.89. The molecule has 0 aromatic rings. The highest BCUT2D eigenvalue weighted by Crippen LogP contribution is 2.47. The maximum atomic E-state index is 10.1. The summed E-state index contributed by atoms with van der Waals surface area (Å²) in [5.74, 6) is -2.29. The van der Waals surface area contributed by atoms with Crippen molar-refractivity contribution in [3.8, 4) is 0 Å². The molecule has 0 fully saturated rings. The first-order chi connectivity index (χ1) is 4.63. The van der Waals surface area contributed by atoms with Gasteiger partial charge in [-0.1, -0.05) is 0 Å². The van der Waals surface area contributed by atoms with Gasteiger partial charge in [-0.2, -0.15) is 0 Å². The highest BCUT2D eigenvalue weighted by atomic mass is 31.2. The fourth-order valence-corrected chi connectivity index (χ4v) is 2.23. The fourth-order valence-electron chi connectivity index (χ4n) is 0.319. The monoisotopic (exact) mass is 206 g/mol. The lowest BCUT2D eigenvalue weighted by Gasteiger charge is -2.12. The second-order valence-electron chi connectivity index (χ2n) is 1.92. The van der Waals surface area contributed by atoms with Crippen molar-refractivity contribution in [2.45, 2.75) is 5.85 Å². The van der Waals surface area contributed by atoms with Crippen LogP contribution in [-0.4, -0.2) is 36.7 Å². The van der Waals surface area contributed by atoms with Gasteiger partial charge in [-0.05, 0) is 0 Å². The summed E-state index contributed by atoms with van der Waals surface area (Å²) in [6.45, 7) is 0. The molecule has 0 radical (unpaired) electrons. The molecule has 0 aromatic heterocycles. The van der Waals surface area contributed by atoms with Crippen molar-refractivity contribution in [1.82, 2.24) is 0 Å². The zero-order chi connectivity index (χ0) is 9.28. The van der Waals surface area contributed by atoms with Crippen LogP contribution in [0, 0.1) is 0 Å². The van der Waals surface area contributed by atoms with E-state index in [1.807, 2.05) is 0 Å². The summed E-state index contributed by atoms with van der Waals surface area (Å²) in [6.07, 6.45) is -1.22. The first-order valence-electron chi connectivity index (χ1n) is 2.41. The average Bonchev–Trinajstić information content (AvgIpc) is 1.56. The maximum Gasteiger partial charge on any atom is 0.354 e. The Morgan fingerprint density at radius 1 is 1.09 bits per heavy atom. The average molecular weight is 206 g/mol. The molecule has 0 saturated heterocycles. The van der Waals surface area contributed by atoms with Crippen LogP contribution in [0.3, 0.4) is 0 Å². The van der Waals surface area contributed by atoms with Crippen molar-refractivity contribution in [3.63, 3.8) is 0 Å². The van der Waals surface area contributed by atoms with Crippen LogP contribution in [0.25, 0.3) is 0 Å². The van der Waals surface area contributed by atoms with Crippen LogP contribution >= 0.6 is 15.2 Å². The van der Waals surface area contributed by atoms with Crippen molar-refractivity contribution in [3.05, 3.63) is 0 Å². The third kappa shape index (κ3) is 5.52. The third-order valence-corrected chi connectivity index (χ3v) is 2.86. The Labute approximate surface area is 62.0 Å². The normalized spacial score (nSPS) is 16.5. The smallest absolute Gasteiger partial charge is 0.354 e. The second kappa shape index (κ2) is 3.33. The lowest BCUT2D eigenvalue weighted by atomic mass is 10.9. The van der Waals surface area contributed by atoms with E-state index in [2.05, 4.69) is 0 Å². The Balaban J connectivity index is 4.22. The van der Waals surface area contributed by atoms with Gasteiger partial charge in [-0.25, -0.2) is 0 Å². The van der Waals surface area contributed by atoms with E-state index in [1.165, 1.54) is 0 Å². The second-order valence-corrected chi connectivity index (χ2v) is 5.39. The summed E-state index contributed by atoms with van der Waals surface area (Å²) in [4.78, 5) is 32.7. The molecule has 0 saturated carbocycles. The molecular weight excluding hydrogens is 198 g/mol. The van der Waals surface area contributed by atoms with E-state index in [-0.39, 0.29) is 0 Å². The quantitative estimate of drug-likeness (QED) is 0.360. The van der Waals surface area contributed by atoms with Crippen molar-refractivity contribution in [2.24, 2.45) is 0 Å². The molecule has 0 amide bonds. The molecule has 0 rings (SSSR count). The van der Waals surface area contributed by atoms with E-state index in [0.717, 1.165) is 0 Å². The van der Waals surface area contributed by atoms with Crippen LogP contribution in [0.15, 0.2) is 0 Å². The van der Waals surface area contributed by atoms with Crippen molar-refractivity contribution < 1.29 is 33.8 Å². The van der Waals surface area contributed by atoms with Crippen molar-refractivity contribution >= 4 is 15.2 Å². The van der Waals surface area contributed by atoms with Crippen LogP contribution in [0.4, 0.5) is 0 Å². The summed E-state index contributed by atoms with van der Waals surface area (Å²) in [5.41, 5.74) is 0. The minimum absolute atomic E-state index is 1.22. The Morgan fingerprint density at radius 2 is 1.45 bits per heavy atom. The van der Waals surface area contributed by atoms with Gasteiger partial charge >= 0.3 is 15.2 Å². The highest BCUT2D eigenvalue weighted by molar-refractivity contribution is 7.56. The SMILES string of the molecule is O=P(O)(O)C[C@@H](O)P(=O)(O)O. The standard InChI is InChI=1S/C2H8O7P2/c3-2(11(7,8)9)1-10(4,5)6/h2-3H,1H2,(H2,4,5,6)(H2,7,8,9)/t2-/m0/s1. The Hall–Kier alpha value is 0.260. The molecule has 5 N–H and O–H groups in total. The first kappa shape index (κ1) is 11.3. The fraction of sp³-hybridized carbons (Fsp3) is 1.00. The molecule has 0 bridgehead atoms. The molecule has 11 heavy (non-hydrogen) atoms. The summed E-state index contributed by atoms with van der Waals surface area (Å²) >= 11 is 0. The predicted molar refractivity (Wildman–Crippen MR) is 35.0 cm³/mol. The molecular formula is C2H8O7P2. The molecule has 0 spiro atoms. The van der Waals surface area contributed by atoms with Gasteiger partial charge in [0.15, 0.2) is 5.85 Å². The lowest BCUT2D eigenvalue weighted by molar-refractivity contribution is 0.211. The van der Waals surface area contributed by atoms with Gasteiger partial charge in [-0.3, -0.25) is 9.13 Å². The number of rotatable bonds is 3. The predicted octanol–water partition coefficient (Wildman–Crippen LogP) is -1.34. The van der Waals surface area contributed by atoms with Crippen LogP contribution in [0.1, 0.15) is 0 Å². The zero-order valence-electron chi connectivity index (χ0n) is 5.23. The zero-order valence-corrected chi connectivity index (χ0v) is 7.02. The number of aliphatic hydroxyl groups is 1. The van der Waals surface area contributed by atoms with Gasteiger partial charge in [0, 0.05) is 0 Å². The molecule has 1 atom stereocenters. The minimum atomic E-state index is -4.79. The summed E-state index contributed by atoms with van der Waals surface area (Å²) in [6, 6.07) is 0. The van der Waals surface area contributed by atoms with Gasteiger partial charge in [-0.15, -0.1) is 0 Å². The van der Waals surface area contributed by atoms with E-state index < -0.39 is 27.2 Å². The molecule has 0 aliphatic carbocycles. The lowest BCUT2D eigenvalue weighted by Crippen LogP contribution is -2.12. The van der Waals surface area contributed by atoms with E-state index in [4.69, 9.17) is 24.7 Å². The Kier molecular flexibility index (Phi) is 3.41. The molecule has 68 valence electrons. The number of hydrogen-bond donors (Lipinski definition) is 5. The van der Waals surface area contributed by atoms with Crippen LogP contribution in [-0.2, 0) is 9.13 Å². The summed E-state index contributed by atoms with van der Waals surface area (Å²) < 4.78 is 20.2. The van der Waals surface area contributed by atoms with Gasteiger partial charge in [0.05, 0.1) is 6.16 Å². The molecule has 9 heteroatoms. The highest BCUT2D eigenvalue weighted by Gasteiger charge is 2.32. The maximum absolute atomic E-state index is 10.1. The number of hydrogen-bond acceptors (Lipinski definition) is 3. The molecule has 0 aromatic carbocycles. The molecule has 0 heterocycles. The molecule has 0 unspecified atom stereocenters.